The number of halogens is 3. The Hall–Kier alpha value is -3.41. The summed E-state index contributed by atoms with van der Waals surface area (Å²) in [5.74, 6) is -1.79. The topological polar surface area (TPSA) is 91.4 Å². The van der Waals surface area contributed by atoms with Crippen LogP contribution in [0.5, 0.6) is 0 Å². The lowest BCUT2D eigenvalue weighted by atomic mass is 10.1. The van der Waals surface area contributed by atoms with Gasteiger partial charge in [-0.1, -0.05) is 25.1 Å². The monoisotopic (exact) mass is 493 g/mol. The number of aromatic nitrogens is 4. The van der Waals surface area contributed by atoms with Gasteiger partial charge in [-0.3, -0.25) is 14.2 Å². The van der Waals surface area contributed by atoms with Gasteiger partial charge in [0, 0.05) is 31.9 Å². The quantitative estimate of drug-likeness (QED) is 0.504. The van der Waals surface area contributed by atoms with Crippen molar-refractivity contribution in [3.8, 4) is 0 Å². The molecular weight excluding hydrogens is 467 g/mol. The minimum atomic E-state index is -4.86. The van der Waals surface area contributed by atoms with Gasteiger partial charge in [0.25, 0.3) is 5.56 Å². The maximum absolute atomic E-state index is 13.8. The standard InChI is InChI=1S/C23H26F3N5O4/c1-4-9-29-19-18(28(10-11-35-3)21(27-19)23(24,25)26)20(33)30(22(29)34)13-17(32)31-14(2)12-15-7-5-6-8-16(15)31/h5-8,14H,4,9-13H2,1-3H3. The van der Waals surface area contributed by atoms with Gasteiger partial charge in [-0.25, -0.2) is 14.3 Å². The molecule has 35 heavy (non-hydrogen) atoms. The fourth-order valence-electron chi connectivity index (χ4n) is 4.63. The van der Waals surface area contributed by atoms with Gasteiger partial charge in [-0.15, -0.1) is 0 Å². The lowest BCUT2D eigenvalue weighted by Crippen LogP contribution is -2.46. The zero-order valence-corrected chi connectivity index (χ0v) is 19.6. The van der Waals surface area contributed by atoms with Crippen LogP contribution in [0.1, 0.15) is 31.7 Å². The minimum Gasteiger partial charge on any atom is -0.383 e. The molecule has 1 amide bonds. The first kappa shape index (κ1) is 24.7. The molecule has 1 atom stereocenters. The van der Waals surface area contributed by atoms with E-state index in [1.54, 1.807) is 19.1 Å². The van der Waals surface area contributed by atoms with Crippen molar-refractivity contribution in [1.82, 2.24) is 18.7 Å². The molecule has 0 saturated carbocycles. The number of carbonyl (C=O) groups is 1. The van der Waals surface area contributed by atoms with Gasteiger partial charge in [-0.2, -0.15) is 13.2 Å². The van der Waals surface area contributed by atoms with Crippen LogP contribution in [0.25, 0.3) is 11.2 Å². The summed E-state index contributed by atoms with van der Waals surface area (Å²) in [6, 6.07) is 7.14. The van der Waals surface area contributed by atoms with Crippen LogP contribution in [0, 0.1) is 0 Å². The molecule has 0 saturated heterocycles. The van der Waals surface area contributed by atoms with Gasteiger partial charge in [0.05, 0.1) is 6.61 Å². The first-order valence-electron chi connectivity index (χ1n) is 11.3. The van der Waals surface area contributed by atoms with Gasteiger partial charge in [-0.05, 0) is 31.4 Å². The number of alkyl halides is 3. The van der Waals surface area contributed by atoms with Gasteiger partial charge < -0.3 is 14.2 Å². The summed E-state index contributed by atoms with van der Waals surface area (Å²) in [6.45, 7) is 2.62. The van der Waals surface area contributed by atoms with Gasteiger partial charge in [0.1, 0.15) is 6.54 Å². The average Bonchev–Trinajstić information content (AvgIpc) is 3.35. The molecule has 3 heterocycles. The normalized spacial score (nSPS) is 15.7. The summed E-state index contributed by atoms with van der Waals surface area (Å²) in [7, 11) is 1.32. The number of hydrogen-bond acceptors (Lipinski definition) is 5. The molecule has 1 aromatic carbocycles. The van der Waals surface area contributed by atoms with Crippen molar-refractivity contribution in [3.63, 3.8) is 0 Å². The molecule has 9 nitrogen and oxygen atoms in total. The molecule has 0 spiro atoms. The molecule has 12 heteroatoms. The lowest BCUT2D eigenvalue weighted by Gasteiger charge is -2.23. The predicted molar refractivity (Wildman–Crippen MR) is 123 cm³/mol. The summed E-state index contributed by atoms with van der Waals surface area (Å²) in [5.41, 5.74) is -0.948. The average molecular weight is 493 g/mol. The number of para-hydroxylation sites is 1. The van der Waals surface area contributed by atoms with Crippen molar-refractivity contribution in [2.75, 3.05) is 18.6 Å². The second-order valence-electron chi connectivity index (χ2n) is 8.52. The third-order valence-corrected chi connectivity index (χ3v) is 6.10. The second kappa shape index (κ2) is 9.33. The summed E-state index contributed by atoms with van der Waals surface area (Å²) in [4.78, 5) is 45.2. The Labute approximate surface area is 198 Å². The largest absolute Gasteiger partial charge is 0.449 e. The Kier molecular flexibility index (Phi) is 6.58. The summed E-state index contributed by atoms with van der Waals surface area (Å²) in [5, 5.41) is 0. The Morgan fingerprint density at radius 2 is 1.86 bits per heavy atom. The van der Waals surface area contributed by atoms with Crippen molar-refractivity contribution < 1.29 is 22.7 Å². The highest BCUT2D eigenvalue weighted by molar-refractivity contribution is 5.96. The van der Waals surface area contributed by atoms with E-state index in [0.29, 0.717) is 23.1 Å². The zero-order valence-electron chi connectivity index (χ0n) is 19.6. The number of nitrogens with zero attached hydrogens (tertiary/aromatic N) is 5. The number of methoxy groups -OCH3 is 1. The van der Waals surface area contributed by atoms with Crippen LogP contribution in [0.4, 0.5) is 18.9 Å². The Bertz CT molecular complexity index is 1390. The van der Waals surface area contributed by atoms with E-state index < -0.39 is 35.7 Å². The van der Waals surface area contributed by atoms with E-state index in [2.05, 4.69) is 4.98 Å². The van der Waals surface area contributed by atoms with Gasteiger partial charge in [0.15, 0.2) is 11.2 Å². The van der Waals surface area contributed by atoms with E-state index in [0.717, 1.165) is 14.7 Å². The number of rotatable bonds is 7. The van der Waals surface area contributed by atoms with E-state index in [9.17, 15) is 27.6 Å². The molecule has 0 fully saturated rings. The van der Waals surface area contributed by atoms with E-state index in [1.807, 2.05) is 19.1 Å². The third-order valence-electron chi connectivity index (χ3n) is 6.10. The highest BCUT2D eigenvalue weighted by atomic mass is 19.4. The highest BCUT2D eigenvalue weighted by Gasteiger charge is 2.39. The second-order valence-corrected chi connectivity index (χ2v) is 8.52. The maximum Gasteiger partial charge on any atom is 0.449 e. The van der Waals surface area contributed by atoms with Gasteiger partial charge in [0.2, 0.25) is 11.7 Å². The molecule has 2 aromatic heterocycles. The van der Waals surface area contributed by atoms with Crippen LogP contribution in [-0.4, -0.2) is 44.4 Å². The number of imidazole rings is 1. The fraction of sp³-hybridized carbons (Fsp3) is 0.478. The fourth-order valence-corrected chi connectivity index (χ4v) is 4.63. The molecule has 0 aliphatic carbocycles. The van der Waals surface area contributed by atoms with Crippen LogP contribution >= 0.6 is 0 Å². The number of ether oxygens (including phenoxy) is 1. The smallest absolute Gasteiger partial charge is 0.383 e. The SMILES string of the molecule is CCCn1c(=O)n(CC(=O)N2c3ccccc3CC2C)c(=O)c2c1nc(C(F)(F)F)n2CCOC. The van der Waals surface area contributed by atoms with Crippen LogP contribution in [0.2, 0.25) is 0 Å². The molecular formula is C23H26F3N5O4. The molecule has 0 bridgehead atoms. The zero-order chi connectivity index (χ0) is 25.5. The predicted octanol–water partition coefficient (Wildman–Crippen LogP) is 2.41. The van der Waals surface area contributed by atoms with E-state index in [1.165, 1.54) is 12.0 Å². The van der Waals surface area contributed by atoms with Gasteiger partial charge >= 0.3 is 11.9 Å². The Balaban J connectivity index is 1.89. The number of amides is 1. The van der Waals surface area contributed by atoms with E-state index in [-0.39, 0.29) is 36.9 Å². The number of hydrogen-bond donors (Lipinski definition) is 0. The molecule has 1 unspecified atom stereocenters. The van der Waals surface area contributed by atoms with Crippen molar-refractivity contribution in [3.05, 3.63) is 56.5 Å². The number of benzene rings is 1. The van der Waals surface area contributed by atoms with Crippen molar-refractivity contribution >= 4 is 22.8 Å². The number of aryl methyl sites for hydroxylation is 1. The molecule has 4 rings (SSSR count). The summed E-state index contributed by atoms with van der Waals surface area (Å²) < 4.78 is 48.7. The van der Waals surface area contributed by atoms with Crippen LogP contribution in [-0.2, 0) is 41.8 Å². The Morgan fingerprint density at radius 1 is 1.14 bits per heavy atom. The van der Waals surface area contributed by atoms with E-state index >= 15 is 0 Å². The van der Waals surface area contributed by atoms with Crippen molar-refractivity contribution in [2.45, 2.75) is 58.5 Å². The first-order chi connectivity index (χ1) is 16.6. The summed E-state index contributed by atoms with van der Waals surface area (Å²) >= 11 is 0. The highest BCUT2D eigenvalue weighted by Crippen LogP contribution is 2.32. The lowest BCUT2D eigenvalue weighted by molar-refractivity contribution is -0.147. The van der Waals surface area contributed by atoms with Crippen molar-refractivity contribution in [1.29, 1.82) is 0 Å². The van der Waals surface area contributed by atoms with Crippen LogP contribution < -0.4 is 16.1 Å². The molecule has 0 N–H and O–H groups in total. The maximum atomic E-state index is 13.8. The molecule has 1 aliphatic rings. The van der Waals surface area contributed by atoms with Crippen molar-refractivity contribution in [2.24, 2.45) is 0 Å². The number of carbonyl (C=O) groups excluding carboxylic acids is 1. The molecule has 188 valence electrons. The van der Waals surface area contributed by atoms with Crippen LogP contribution in [0.3, 0.4) is 0 Å². The van der Waals surface area contributed by atoms with E-state index in [4.69, 9.17) is 4.74 Å². The first-order valence-corrected chi connectivity index (χ1v) is 11.3. The number of anilines is 1. The minimum absolute atomic E-state index is 0.0331. The number of fused-ring (bicyclic) bond motifs is 2. The summed E-state index contributed by atoms with van der Waals surface area (Å²) in [6.07, 6.45) is -3.83. The molecule has 0 radical (unpaired) electrons. The Morgan fingerprint density at radius 3 is 2.51 bits per heavy atom. The third kappa shape index (κ3) is 4.26. The molecule has 3 aromatic rings. The molecule has 1 aliphatic heterocycles. The van der Waals surface area contributed by atoms with Crippen LogP contribution in [0.15, 0.2) is 33.9 Å².